The summed E-state index contributed by atoms with van der Waals surface area (Å²) in [6, 6.07) is 6.24. The van der Waals surface area contributed by atoms with E-state index in [-0.39, 0.29) is 11.3 Å². The number of nitrogens with two attached hydrogens (primary N) is 1. The first-order chi connectivity index (χ1) is 19.1. The number of carbonyl (C=O) groups is 1. The highest BCUT2D eigenvalue weighted by atomic mass is 35.5. The number of amidine groups is 1. The Kier molecular flexibility index (Phi) is 8.15. The van der Waals surface area contributed by atoms with Crippen LogP contribution < -0.4 is 5.73 Å². The zero-order chi connectivity index (χ0) is 30.2. The minimum absolute atomic E-state index is 0.0951. The van der Waals surface area contributed by atoms with Crippen LogP contribution in [0.15, 0.2) is 50.5 Å². The minimum atomic E-state index is -5.08. The van der Waals surface area contributed by atoms with E-state index in [4.69, 9.17) is 36.8 Å². The van der Waals surface area contributed by atoms with E-state index in [1.165, 1.54) is 18.5 Å². The smallest absolute Gasteiger partial charge is 0.475 e. The summed E-state index contributed by atoms with van der Waals surface area (Å²) in [6.45, 7) is 1.75. The molecule has 1 aromatic carbocycles. The van der Waals surface area contributed by atoms with Crippen LogP contribution in [0.2, 0.25) is 5.02 Å². The summed E-state index contributed by atoms with van der Waals surface area (Å²) in [7, 11) is -1.20. The minimum Gasteiger partial charge on any atom is -0.475 e. The van der Waals surface area contributed by atoms with Gasteiger partial charge in [0.1, 0.15) is 21.9 Å². The number of aromatic nitrogens is 3. The third kappa shape index (κ3) is 5.77. The monoisotopic (exact) mass is 616 g/mol. The molecule has 16 heteroatoms. The third-order valence-corrected chi connectivity index (χ3v) is 10.6. The van der Waals surface area contributed by atoms with Gasteiger partial charge < -0.3 is 15.4 Å². The van der Waals surface area contributed by atoms with Crippen molar-refractivity contribution in [2.75, 3.05) is 12.8 Å². The van der Waals surface area contributed by atoms with Crippen LogP contribution in [0.1, 0.15) is 38.2 Å². The van der Waals surface area contributed by atoms with Crippen LogP contribution in [0.5, 0.6) is 0 Å². The molecule has 1 aliphatic carbocycles. The Morgan fingerprint density at radius 2 is 1.80 bits per heavy atom. The van der Waals surface area contributed by atoms with Crippen molar-refractivity contribution in [3.63, 3.8) is 0 Å². The molecule has 1 unspecified atom stereocenters. The van der Waals surface area contributed by atoms with E-state index in [9.17, 15) is 17.4 Å². The molecule has 2 aliphatic rings. The number of carboxylic acids is 1. The molecule has 3 N–H and O–H groups in total. The Balaban J connectivity index is 0.000000493. The van der Waals surface area contributed by atoms with Crippen LogP contribution in [-0.4, -0.2) is 60.0 Å². The highest BCUT2D eigenvalue weighted by Crippen LogP contribution is 2.46. The normalized spacial score (nSPS) is 23.4. The number of aliphatic carboxylic acids is 1. The van der Waals surface area contributed by atoms with Gasteiger partial charge in [-0.1, -0.05) is 29.6 Å². The molecular formula is C25H25ClF4N6O4S. The van der Waals surface area contributed by atoms with Gasteiger partial charge in [0, 0.05) is 36.6 Å². The first-order valence-corrected chi connectivity index (χ1v) is 14.2. The van der Waals surface area contributed by atoms with Gasteiger partial charge in [0.25, 0.3) is 0 Å². The molecule has 3 heterocycles. The van der Waals surface area contributed by atoms with Crippen LogP contribution in [0, 0.1) is 5.82 Å². The fourth-order valence-corrected chi connectivity index (χ4v) is 8.17. The molecule has 0 amide bonds. The first-order valence-electron chi connectivity index (χ1n) is 12.2. The first kappa shape index (κ1) is 30.4. The van der Waals surface area contributed by atoms with Crippen LogP contribution in [0.3, 0.4) is 0 Å². The fourth-order valence-electron chi connectivity index (χ4n) is 5.03. The van der Waals surface area contributed by atoms with Crippen LogP contribution in [-0.2, 0) is 20.1 Å². The number of hydrogen-bond donors (Lipinski definition) is 2. The number of carboxylic acid groups (broad SMARTS) is 1. The van der Waals surface area contributed by atoms with Gasteiger partial charge in [0.05, 0.1) is 20.5 Å². The average molecular weight is 617 g/mol. The van der Waals surface area contributed by atoms with Crippen molar-refractivity contribution in [2.24, 2.45) is 15.1 Å². The van der Waals surface area contributed by atoms with Gasteiger partial charge in [-0.25, -0.2) is 27.7 Å². The van der Waals surface area contributed by atoms with E-state index in [0.717, 1.165) is 12.8 Å². The number of benzene rings is 1. The standard InChI is InChI=1S/C23H24ClFN6O2S.C2HF3O2/c1-22(13-34(32,27-2)23(21(26)30-22)7-3-4-8-23)16-9-14(5-6-17(16)25)19-10-18(31-33-19)20-28-11-15(24)12-29-20;3-2(4,5)1(6)7/h5-6,9-12H,3-4,7-8,13H2,1-2H3,(H2,26,30);(H,6,7)/t22-,34?;/m0./s1. The van der Waals surface area contributed by atoms with E-state index in [1.54, 1.807) is 32.2 Å². The fraction of sp³-hybridized carbons (Fsp3) is 0.400. The van der Waals surface area contributed by atoms with E-state index < -0.39 is 38.0 Å². The molecule has 1 spiro atoms. The molecule has 2 atom stereocenters. The second kappa shape index (κ2) is 11.0. The van der Waals surface area contributed by atoms with Crippen LogP contribution in [0.25, 0.3) is 22.8 Å². The zero-order valence-electron chi connectivity index (χ0n) is 21.8. The van der Waals surface area contributed by atoms with E-state index >= 15 is 4.39 Å². The maximum absolute atomic E-state index is 15.2. The number of nitrogens with zero attached hydrogens (tertiary/aromatic N) is 5. The molecule has 3 aromatic rings. The predicted molar refractivity (Wildman–Crippen MR) is 143 cm³/mol. The molecule has 5 rings (SSSR count). The van der Waals surface area contributed by atoms with Crippen LogP contribution in [0.4, 0.5) is 17.6 Å². The molecule has 0 radical (unpaired) electrons. The largest absolute Gasteiger partial charge is 0.490 e. The van der Waals surface area contributed by atoms with Gasteiger partial charge in [0.15, 0.2) is 17.3 Å². The third-order valence-electron chi connectivity index (χ3n) is 7.06. The Bertz CT molecular complexity index is 1610. The lowest BCUT2D eigenvalue weighted by Gasteiger charge is -2.42. The van der Waals surface area contributed by atoms with E-state index in [1.807, 2.05) is 0 Å². The van der Waals surface area contributed by atoms with E-state index in [2.05, 4.69) is 19.5 Å². The predicted octanol–water partition coefficient (Wildman–Crippen LogP) is 5.22. The number of rotatable bonds is 3. The molecule has 0 saturated heterocycles. The molecule has 1 fully saturated rings. The van der Waals surface area contributed by atoms with Crippen molar-refractivity contribution in [1.29, 1.82) is 0 Å². The number of alkyl halides is 3. The van der Waals surface area contributed by atoms with Gasteiger partial charge in [-0.2, -0.15) is 13.2 Å². The lowest BCUT2D eigenvalue weighted by Crippen LogP contribution is -2.56. The number of hydrogen-bond acceptors (Lipinski definition) is 9. The second-order valence-corrected chi connectivity index (χ2v) is 12.9. The Labute approximate surface area is 237 Å². The lowest BCUT2D eigenvalue weighted by atomic mass is 9.91. The van der Waals surface area contributed by atoms with Crippen molar-refractivity contribution in [3.05, 3.63) is 53.1 Å². The van der Waals surface area contributed by atoms with Gasteiger partial charge in [-0.15, -0.1) is 0 Å². The molecule has 0 bridgehead atoms. The summed E-state index contributed by atoms with van der Waals surface area (Å²) < 4.78 is 70.1. The molecule has 41 heavy (non-hydrogen) atoms. The number of halogens is 5. The highest BCUT2D eigenvalue weighted by Gasteiger charge is 2.54. The molecule has 10 nitrogen and oxygen atoms in total. The van der Waals surface area contributed by atoms with Gasteiger partial charge in [0.2, 0.25) is 0 Å². The molecule has 220 valence electrons. The SMILES string of the molecule is CN=S1(=O)C[C@@](C)(c2cc(-c3cc(-c4ncc(Cl)cn4)no3)ccc2F)N=C(N)C12CCCC2.O=C(O)C(F)(F)F. The van der Waals surface area contributed by atoms with Gasteiger partial charge >= 0.3 is 12.1 Å². The van der Waals surface area contributed by atoms with Crippen molar-refractivity contribution in [3.8, 4) is 22.8 Å². The topological polar surface area (TPSA) is 157 Å². The van der Waals surface area contributed by atoms with E-state index in [0.29, 0.717) is 46.5 Å². The highest BCUT2D eigenvalue weighted by molar-refractivity contribution is 7.95. The molecule has 2 aromatic heterocycles. The van der Waals surface area contributed by atoms with Crippen LogP contribution >= 0.6 is 11.6 Å². The zero-order valence-corrected chi connectivity index (χ0v) is 23.4. The van der Waals surface area contributed by atoms with Crippen molar-refractivity contribution < 1.29 is 36.2 Å². The Morgan fingerprint density at radius 1 is 1.20 bits per heavy atom. The summed E-state index contributed by atoms with van der Waals surface area (Å²) in [5, 5.41) is 11.6. The number of aliphatic imine (C=N–C) groups is 1. The molecule has 1 aliphatic heterocycles. The molecular weight excluding hydrogens is 592 g/mol. The maximum Gasteiger partial charge on any atom is 0.490 e. The second-order valence-electron chi connectivity index (χ2n) is 9.74. The Hall–Kier alpha value is -3.59. The average Bonchev–Trinajstić information content (AvgIpc) is 3.60. The molecule has 1 saturated carbocycles. The Morgan fingerprint density at radius 3 is 2.37 bits per heavy atom. The van der Waals surface area contributed by atoms with Crippen molar-refractivity contribution >= 4 is 33.1 Å². The van der Waals surface area contributed by atoms with Crippen molar-refractivity contribution in [2.45, 2.75) is 49.1 Å². The summed E-state index contributed by atoms with van der Waals surface area (Å²) in [6.07, 6.45) is 1.07. The maximum atomic E-state index is 15.2. The summed E-state index contributed by atoms with van der Waals surface area (Å²) in [5.41, 5.74) is 6.59. The quantitative estimate of drug-likeness (QED) is 0.379. The summed E-state index contributed by atoms with van der Waals surface area (Å²) in [5.74, 6) is -2.07. The summed E-state index contributed by atoms with van der Waals surface area (Å²) >= 11 is 5.85. The van der Waals surface area contributed by atoms with Gasteiger partial charge in [-0.05, 0) is 38.0 Å². The summed E-state index contributed by atoms with van der Waals surface area (Å²) in [4.78, 5) is 21.9. The lowest BCUT2D eigenvalue weighted by molar-refractivity contribution is -0.192. The van der Waals surface area contributed by atoms with Gasteiger partial charge in [-0.3, -0.25) is 4.99 Å². The van der Waals surface area contributed by atoms with Crippen molar-refractivity contribution in [1.82, 2.24) is 15.1 Å².